The van der Waals surface area contributed by atoms with Crippen LogP contribution in [0.4, 0.5) is 0 Å². The van der Waals surface area contributed by atoms with Gasteiger partial charge >= 0.3 is 12.0 Å². The third-order valence-corrected chi connectivity index (χ3v) is 4.68. The topological polar surface area (TPSA) is 126 Å². The maximum Gasteiger partial charge on any atom is 0.344 e. The molecule has 1 amide bonds. The molecule has 1 aromatic carbocycles. The molecular formula is C20H19ClN4O5. The molecular weight excluding hydrogens is 412 g/mol. The number of carbonyl (C=O) groups excluding carboxylic acids is 3. The van der Waals surface area contributed by atoms with E-state index in [1.54, 1.807) is 16.7 Å². The SMILES string of the molecule is CCc1c(C(=O)C(N)=O)c2cnc(OCC(=O)OC)nc2n1Cc1cccc(Cl)c1. The molecule has 2 N–H and O–H groups in total. The molecule has 156 valence electrons. The Morgan fingerprint density at radius 3 is 2.67 bits per heavy atom. The third kappa shape index (κ3) is 4.25. The second-order valence-corrected chi connectivity index (χ2v) is 6.78. The molecule has 0 bridgehead atoms. The fourth-order valence-corrected chi connectivity index (χ4v) is 3.35. The van der Waals surface area contributed by atoms with E-state index in [9.17, 15) is 14.4 Å². The van der Waals surface area contributed by atoms with Crippen LogP contribution in [-0.2, 0) is 27.3 Å². The number of carbonyl (C=O) groups is 3. The summed E-state index contributed by atoms with van der Waals surface area (Å²) in [6.07, 6.45) is 1.81. The van der Waals surface area contributed by atoms with E-state index in [2.05, 4.69) is 14.7 Å². The van der Waals surface area contributed by atoms with Crippen LogP contribution in [0.15, 0.2) is 30.5 Å². The zero-order valence-corrected chi connectivity index (χ0v) is 17.1. The van der Waals surface area contributed by atoms with Gasteiger partial charge in [-0.2, -0.15) is 4.98 Å². The summed E-state index contributed by atoms with van der Waals surface area (Å²) in [6.45, 7) is 1.81. The van der Waals surface area contributed by atoms with Crippen molar-refractivity contribution in [1.82, 2.24) is 14.5 Å². The van der Waals surface area contributed by atoms with Crippen LogP contribution in [0.5, 0.6) is 6.01 Å². The first kappa shape index (κ1) is 21.3. The van der Waals surface area contributed by atoms with Crippen molar-refractivity contribution < 1.29 is 23.9 Å². The molecule has 0 aliphatic rings. The number of esters is 1. The van der Waals surface area contributed by atoms with Crippen molar-refractivity contribution in [3.63, 3.8) is 0 Å². The number of ether oxygens (including phenoxy) is 2. The lowest BCUT2D eigenvalue weighted by molar-refractivity contribution is -0.143. The van der Waals surface area contributed by atoms with E-state index in [1.165, 1.54) is 13.3 Å². The predicted molar refractivity (Wildman–Crippen MR) is 108 cm³/mol. The largest absolute Gasteiger partial charge is 0.466 e. The minimum Gasteiger partial charge on any atom is -0.466 e. The number of fused-ring (bicyclic) bond motifs is 1. The molecule has 0 saturated carbocycles. The van der Waals surface area contributed by atoms with Crippen molar-refractivity contribution in [2.75, 3.05) is 13.7 Å². The van der Waals surface area contributed by atoms with Crippen LogP contribution >= 0.6 is 11.6 Å². The fraction of sp³-hybridized carbons (Fsp3) is 0.250. The summed E-state index contributed by atoms with van der Waals surface area (Å²) in [6, 6.07) is 7.16. The standard InChI is InChI=1S/C20H19ClN4O5/c1-3-14-16(17(27)18(22)28)13-8-23-20(30-10-15(26)29-2)24-19(13)25(14)9-11-5-4-6-12(21)7-11/h4-8H,3,9-10H2,1-2H3,(H2,22,28). The van der Waals surface area contributed by atoms with Crippen LogP contribution < -0.4 is 10.5 Å². The summed E-state index contributed by atoms with van der Waals surface area (Å²) in [5, 5.41) is 0.926. The summed E-state index contributed by atoms with van der Waals surface area (Å²) in [7, 11) is 1.24. The third-order valence-electron chi connectivity index (χ3n) is 4.45. The van der Waals surface area contributed by atoms with Gasteiger partial charge in [0.25, 0.3) is 11.7 Å². The number of nitrogens with zero attached hydrogens (tertiary/aromatic N) is 3. The Kier molecular flexibility index (Phi) is 6.31. The zero-order chi connectivity index (χ0) is 21.8. The van der Waals surface area contributed by atoms with Gasteiger partial charge in [-0.05, 0) is 24.1 Å². The van der Waals surface area contributed by atoms with Crippen molar-refractivity contribution in [3.05, 3.63) is 52.3 Å². The highest BCUT2D eigenvalue weighted by Crippen LogP contribution is 2.28. The number of aromatic nitrogens is 3. The molecule has 0 radical (unpaired) electrons. The summed E-state index contributed by atoms with van der Waals surface area (Å²) in [5.74, 6) is -2.49. The molecule has 0 aliphatic heterocycles. The van der Waals surface area contributed by atoms with Gasteiger partial charge in [-0.3, -0.25) is 9.59 Å². The second kappa shape index (κ2) is 8.91. The van der Waals surface area contributed by atoms with Crippen LogP contribution in [0, 0.1) is 0 Å². The Morgan fingerprint density at radius 1 is 1.27 bits per heavy atom. The Balaban J connectivity index is 2.17. The molecule has 3 rings (SSSR count). The van der Waals surface area contributed by atoms with E-state index < -0.39 is 17.7 Å². The highest BCUT2D eigenvalue weighted by molar-refractivity contribution is 6.44. The van der Waals surface area contributed by atoms with Crippen LogP contribution in [0.25, 0.3) is 11.0 Å². The average Bonchev–Trinajstić information content (AvgIpc) is 3.03. The molecule has 0 fully saturated rings. The number of benzene rings is 1. The lowest BCUT2D eigenvalue weighted by Crippen LogP contribution is -2.24. The quantitative estimate of drug-likeness (QED) is 0.328. The maximum atomic E-state index is 12.5. The minimum absolute atomic E-state index is 0.0709. The normalized spacial score (nSPS) is 10.8. The summed E-state index contributed by atoms with van der Waals surface area (Å²) >= 11 is 6.10. The van der Waals surface area contributed by atoms with E-state index in [-0.39, 0.29) is 18.2 Å². The monoisotopic (exact) mass is 430 g/mol. The smallest absolute Gasteiger partial charge is 0.344 e. The van der Waals surface area contributed by atoms with E-state index in [0.29, 0.717) is 34.7 Å². The highest BCUT2D eigenvalue weighted by atomic mass is 35.5. The summed E-state index contributed by atoms with van der Waals surface area (Å²) in [4.78, 5) is 43.9. The Morgan fingerprint density at radius 2 is 2.03 bits per heavy atom. The number of amides is 1. The Bertz CT molecular complexity index is 1140. The number of methoxy groups -OCH3 is 1. The van der Waals surface area contributed by atoms with Gasteiger partial charge in [0, 0.05) is 28.8 Å². The van der Waals surface area contributed by atoms with Gasteiger partial charge in [-0.1, -0.05) is 30.7 Å². The lowest BCUT2D eigenvalue weighted by Gasteiger charge is -2.11. The van der Waals surface area contributed by atoms with Gasteiger partial charge in [0.2, 0.25) is 0 Å². The molecule has 0 atom stereocenters. The first-order chi connectivity index (χ1) is 14.3. The van der Waals surface area contributed by atoms with Crippen molar-refractivity contribution in [2.45, 2.75) is 19.9 Å². The van der Waals surface area contributed by atoms with Crippen molar-refractivity contribution in [3.8, 4) is 6.01 Å². The van der Waals surface area contributed by atoms with Crippen LogP contribution in [0.2, 0.25) is 5.02 Å². The average molecular weight is 431 g/mol. The van der Waals surface area contributed by atoms with Gasteiger partial charge in [0.15, 0.2) is 6.61 Å². The van der Waals surface area contributed by atoms with Crippen molar-refractivity contribution >= 4 is 40.3 Å². The second-order valence-electron chi connectivity index (χ2n) is 6.34. The zero-order valence-electron chi connectivity index (χ0n) is 16.3. The lowest BCUT2D eigenvalue weighted by atomic mass is 10.1. The van der Waals surface area contributed by atoms with Gasteiger partial charge in [0.05, 0.1) is 12.7 Å². The molecule has 0 saturated heterocycles. The van der Waals surface area contributed by atoms with Gasteiger partial charge in [-0.25, -0.2) is 9.78 Å². The number of Topliss-reactive ketones (excluding diaryl/α,β-unsaturated/α-hetero) is 1. The van der Waals surface area contributed by atoms with E-state index in [4.69, 9.17) is 22.1 Å². The van der Waals surface area contributed by atoms with Crippen LogP contribution in [-0.4, -0.2) is 45.9 Å². The minimum atomic E-state index is -1.07. The molecule has 2 heterocycles. The first-order valence-corrected chi connectivity index (χ1v) is 9.39. The summed E-state index contributed by atoms with van der Waals surface area (Å²) in [5.41, 5.74) is 7.22. The molecule has 2 aromatic heterocycles. The van der Waals surface area contributed by atoms with Gasteiger partial charge in [0.1, 0.15) is 5.65 Å². The summed E-state index contributed by atoms with van der Waals surface area (Å²) < 4.78 is 11.6. The Labute approximate surface area is 176 Å². The van der Waals surface area contributed by atoms with Crippen molar-refractivity contribution in [2.24, 2.45) is 5.73 Å². The van der Waals surface area contributed by atoms with Gasteiger partial charge in [-0.15, -0.1) is 0 Å². The van der Waals surface area contributed by atoms with E-state index in [1.807, 2.05) is 19.1 Å². The molecule has 9 nitrogen and oxygen atoms in total. The predicted octanol–water partition coefficient (Wildman–Crippen LogP) is 1.92. The first-order valence-electron chi connectivity index (χ1n) is 9.02. The van der Waals surface area contributed by atoms with E-state index in [0.717, 1.165) is 5.56 Å². The highest BCUT2D eigenvalue weighted by Gasteiger charge is 2.26. The molecule has 10 heteroatoms. The maximum absolute atomic E-state index is 12.5. The number of hydrogen-bond donors (Lipinski definition) is 1. The fourth-order valence-electron chi connectivity index (χ4n) is 3.14. The number of primary amides is 1. The van der Waals surface area contributed by atoms with Crippen LogP contribution in [0.1, 0.15) is 28.5 Å². The molecule has 0 aliphatic carbocycles. The van der Waals surface area contributed by atoms with Crippen LogP contribution in [0.3, 0.4) is 0 Å². The van der Waals surface area contributed by atoms with Crippen molar-refractivity contribution in [1.29, 1.82) is 0 Å². The number of halogens is 1. The molecule has 0 spiro atoms. The number of nitrogens with two attached hydrogens (primary N) is 1. The number of rotatable bonds is 8. The van der Waals surface area contributed by atoms with E-state index >= 15 is 0 Å². The molecule has 0 unspecified atom stereocenters. The number of hydrogen-bond acceptors (Lipinski definition) is 7. The number of ketones is 1. The molecule has 30 heavy (non-hydrogen) atoms. The Hall–Kier alpha value is -3.46. The molecule has 3 aromatic rings. The van der Waals surface area contributed by atoms with Gasteiger partial charge < -0.3 is 19.8 Å².